The van der Waals surface area contributed by atoms with E-state index < -0.39 is 0 Å². The minimum atomic E-state index is -0.115. The highest BCUT2D eigenvalue weighted by molar-refractivity contribution is 7.18. The largest absolute Gasteiger partial charge is 0.396 e. The molecular weight excluding hydrogens is 362 g/mol. The lowest BCUT2D eigenvalue weighted by Gasteiger charge is -2.33. The highest BCUT2D eigenvalue weighted by Crippen LogP contribution is 2.41. The van der Waals surface area contributed by atoms with Crippen molar-refractivity contribution in [1.29, 1.82) is 0 Å². The van der Waals surface area contributed by atoms with E-state index in [1.807, 2.05) is 0 Å². The molecule has 0 radical (unpaired) electrons. The van der Waals surface area contributed by atoms with Crippen molar-refractivity contribution in [2.75, 3.05) is 13.2 Å². The Morgan fingerprint density at radius 1 is 1.44 bits per heavy atom. The third-order valence-corrected chi connectivity index (χ3v) is 6.66. The molecule has 2 N–H and O–H groups in total. The van der Waals surface area contributed by atoms with Crippen molar-refractivity contribution >= 4 is 27.5 Å². The monoisotopic (exact) mass is 391 g/mol. The maximum absolute atomic E-state index is 13.0. The minimum Gasteiger partial charge on any atom is -0.396 e. The first kappa shape index (κ1) is 20.0. The lowest BCUT2D eigenvalue weighted by molar-refractivity contribution is -0.121. The van der Waals surface area contributed by atoms with Gasteiger partial charge in [0.1, 0.15) is 4.83 Å². The van der Waals surface area contributed by atoms with Crippen molar-refractivity contribution in [2.45, 2.75) is 59.4 Å². The Hall–Kier alpha value is -1.73. The van der Waals surface area contributed by atoms with E-state index in [4.69, 9.17) is 5.11 Å². The number of aliphatic hydroxyl groups excluding tert-OH is 1. The number of aryl methyl sites for hydroxylation is 2. The molecule has 0 bridgehead atoms. The quantitative estimate of drug-likeness (QED) is 0.741. The molecular formula is C20H29N3O3S. The van der Waals surface area contributed by atoms with Crippen LogP contribution in [-0.2, 0) is 24.2 Å². The second-order valence-electron chi connectivity index (χ2n) is 8.41. The molecule has 1 atom stereocenters. The molecule has 3 rings (SSSR count). The van der Waals surface area contributed by atoms with Crippen LogP contribution in [0.4, 0.5) is 0 Å². The zero-order chi connectivity index (χ0) is 19.6. The molecule has 148 valence electrons. The van der Waals surface area contributed by atoms with Crippen molar-refractivity contribution in [2.24, 2.45) is 11.3 Å². The molecule has 0 saturated carbocycles. The maximum atomic E-state index is 13.0. The van der Waals surface area contributed by atoms with Gasteiger partial charge in [0.2, 0.25) is 5.91 Å². The van der Waals surface area contributed by atoms with Gasteiger partial charge in [-0.25, -0.2) is 4.98 Å². The molecule has 27 heavy (non-hydrogen) atoms. The summed E-state index contributed by atoms with van der Waals surface area (Å²) in [6.07, 6.45) is 5.39. The lowest BCUT2D eigenvalue weighted by Crippen LogP contribution is -2.29. The molecule has 0 aliphatic heterocycles. The number of nitrogens with zero attached hydrogens (tertiary/aromatic N) is 2. The molecule has 1 amide bonds. The van der Waals surface area contributed by atoms with Gasteiger partial charge >= 0.3 is 0 Å². The molecule has 0 saturated heterocycles. The Morgan fingerprint density at radius 2 is 2.22 bits per heavy atom. The van der Waals surface area contributed by atoms with Crippen molar-refractivity contribution in [3.05, 3.63) is 27.1 Å². The van der Waals surface area contributed by atoms with Crippen LogP contribution in [0.3, 0.4) is 0 Å². The molecule has 1 aliphatic rings. The van der Waals surface area contributed by atoms with Gasteiger partial charge in [-0.1, -0.05) is 20.8 Å². The highest BCUT2D eigenvalue weighted by atomic mass is 32.1. The van der Waals surface area contributed by atoms with Gasteiger partial charge in [0.05, 0.1) is 11.7 Å². The van der Waals surface area contributed by atoms with Crippen LogP contribution in [0, 0.1) is 11.3 Å². The van der Waals surface area contributed by atoms with E-state index in [1.54, 1.807) is 22.2 Å². The van der Waals surface area contributed by atoms with E-state index in [-0.39, 0.29) is 29.9 Å². The van der Waals surface area contributed by atoms with Gasteiger partial charge in [-0.3, -0.25) is 14.2 Å². The first-order chi connectivity index (χ1) is 12.8. The SMILES string of the molecule is CC(C)(C)C1CCc2c(sc3ncn(CCC(=O)NCCCO)c(=O)c23)C1. The smallest absolute Gasteiger partial charge is 0.262 e. The predicted molar refractivity (Wildman–Crippen MR) is 108 cm³/mol. The second-order valence-corrected chi connectivity index (χ2v) is 9.49. The lowest BCUT2D eigenvalue weighted by atomic mass is 9.72. The zero-order valence-electron chi connectivity index (χ0n) is 16.4. The van der Waals surface area contributed by atoms with E-state index >= 15 is 0 Å². The van der Waals surface area contributed by atoms with E-state index in [9.17, 15) is 9.59 Å². The van der Waals surface area contributed by atoms with Gasteiger partial charge in [0.25, 0.3) is 5.56 Å². The van der Waals surface area contributed by atoms with Crippen LogP contribution in [0.2, 0.25) is 0 Å². The van der Waals surface area contributed by atoms with E-state index in [1.165, 1.54) is 10.4 Å². The third kappa shape index (κ3) is 4.41. The zero-order valence-corrected chi connectivity index (χ0v) is 17.2. The number of hydrogen-bond acceptors (Lipinski definition) is 5. The summed E-state index contributed by atoms with van der Waals surface area (Å²) in [5.41, 5.74) is 1.41. The van der Waals surface area contributed by atoms with E-state index in [2.05, 4.69) is 31.1 Å². The van der Waals surface area contributed by atoms with Crippen molar-refractivity contribution < 1.29 is 9.90 Å². The number of fused-ring (bicyclic) bond motifs is 3. The van der Waals surface area contributed by atoms with Gasteiger partial charge in [0, 0.05) is 31.0 Å². The Bertz CT molecular complexity index is 879. The molecule has 0 spiro atoms. The van der Waals surface area contributed by atoms with E-state index in [0.29, 0.717) is 25.4 Å². The number of aliphatic hydroxyl groups is 1. The summed E-state index contributed by atoms with van der Waals surface area (Å²) in [5, 5.41) is 12.3. The van der Waals surface area contributed by atoms with Gasteiger partial charge < -0.3 is 10.4 Å². The van der Waals surface area contributed by atoms with Crippen LogP contribution < -0.4 is 10.9 Å². The first-order valence-corrected chi connectivity index (χ1v) is 10.5. The second kappa shape index (κ2) is 8.10. The van der Waals surface area contributed by atoms with Crippen molar-refractivity contribution in [3.8, 4) is 0 Å². The van der Waals surface area contributed by atoms with Crippen LogP contribution in [0.1, 0.15) is 50.5 Å². The Labute approximate surface area is 163 Å². The summed E-state index contributed by atoms with van der Waals surface area (Å²) in [4.78, 5) is 31.5. The molecule has 7 heteroatoms. The summed E-state index contributed by atoms with van der Waals surface area (Å²) >= 11 is 1.65. The van der Waals surface area contributed by atoms with Crippen LogP contribution in [0.25, 0.3) is 10.2 Å². The number of aromatic nitrogens is 2. The van der Waals surface area contributed by atoms with Crippen molar-refractivity contribution in [3.63, 3.8) is 0 Å². The molecule has 0 fully saturated rings. The summed E-state index contributed by atoms with van der Waals surface area (Å²) in [6, 6.07) is 0. The summed E-state index contributed by atoms with van der Waals surface area (Å²) < 4.78 is 1.55. The molecule has 0 aromatic carbocycles. The Balaban J connectivity index is 1.78. The minimum absolute atomic E-state index is 0.0325. The number of rotatable bonds is 6. The normalized spacial score (nSPS) is 17.1. The van der Waals surface area contributed by atoms with Crippen LogP contribution in [0.5, 0.6) is 0 Å². The predicted octanol–water partition coefficient (Wildman–Crippen LogP) is 2.50. The topological polar surface area (TPSA) is 84.2 Å². The molecule has 2 heterocycles. The van der Waals surface area contributed by atoms with Gasteiger partial charge in [-0.05, 0) is 42.6 Å². The number of hydrogen-bond donors (Lipinski definition) is 2. The fraction of sp³-hybridized carbons (Fsp3) is 0.650. The highest BCUT2D eigenvalue weighted by Gasteiger charge is 2.31. The summed E-state index contributed by atoms with van der Waals surface area (Å²) in [5.74, 6) is 0.513. The average Bonchev–Trinajstić information content (AvgIpc) is 2.99. The molecule has 2 aromatic heterocycles. The van der Waals surface area contributed by atoms with Gasteiger partial charge in [-0.2, -0.15) is 0 Å². The Kier molecular flexibility index (Phi) is 6.01. The average molecular weight is 392 g/mol. The maximum Gasteiger partial charge on any atom is 0.262 e. The standard InChI is InChI=1S/C20H29N3O3S/c1-20(2,3)13-5-6-14-15(11-13)27-18-17(14)19(26)23(12-22-18)9-7-16(25)21-8-4-10-24/h12-13,24H,4-11H2,1-3H3,(H,21,25). The number of carbonyl (C=O) groups excluding carboxylic acids is 1. The van der Waals surface area contributed by atoms with Crippen LogP contribution in [-0.4, -0.2) is 33.7 Å². The van der Waals surface area contributed by atoms with E-state index in [0.717, 1.165) is 29.5 Å². The fourth-order valence-corrected chi connectivity index (χ4v) is 4.97. The molecule has 1 aliphatic carbocycles. The molecule has 1 unspecified atom stereocenters. The molecule has 6 nitrogen and oxygen atoms in total. The molecule has 2 aromatic rings. The summed E-state index contributed by atoms with van der Waals surface area (Å²) in [7, 11) is 0. The third-order valence-electron chi connectivity index (χ3n) is 5.50. The number of carbonyl (C=O) groups is 1. The number of thiophene rings is 1. The van der Waals surface area contributed by atoms with Crippen LogP contribution in [0.15, 0.2) is 11.1 Å². The number of nitrogens with one attached hydrogen (secondary N) is 1. The number of amides is 1. The summed E-state index contributed by atoms with van der Waals surface area (Å²) in [6.45, 7) is 7.68. The first-order valence-electron chi connectivity index (χ1n) is 9.68. The van der Waals surface area contributed by atoms with Crippen molar-refractivity contribution in [1.82, 2.24) is 14.9 Å². The fourth-order valence-electron chi connectivity index (χ4n) is 3.72. The van der Waals surface area contributed by atoms with Crippen LogP contribution >= 0.6 is 11.3 Å². The van der Waals surface area contributed by atoms with Gasteiger partial charge in [-0.15, -0.1) is 11.3 Å². The Morgan fingerprint density at radius 3 is 2.93 bits per heavy atom. The van der Waals surface area contributed by atoms with Gasteiger partial charge in [0.15, 0.2) is 0 Å².